The molecule has 2 unspecified atom stereocenters. The van der Waals surface area contributed by atoms with Crippen molar-refractivity contribution in [1.82, 2.24) is 10.2 Å². The standard InChI is InChI=1S/C20H35N3O2/c1-14(21)17-7-4-12-23(13-17)20(25)16-8-10-18(11-9-16)22-19(24)15-5-2-3-6-15/h14-18H,2-13,21H2,1H3,(H,22,24). The Labute approximate surface area is 152 Å². The fourth-order valence-corrected chi connectivity index (χ4v) is 4.89. The summed E-state index contributed by atoms with van der Waals surface area (Å²) >= 11 is 0. The number of amides is 2. The van der Waals surface area contributed by atoms with Crippen LogP contribution in [0.3, 0.4) is 0 Å². The maximum Gasteiger partial charge on any atom is 0.225 e. The van der Waals surface area contributed by atoms with Crippen LogP contribution in [-0.2, 0) is 9.59 Å². The van der Waals surface area contributed by atoms with Gasteiger partial charge in [-0.05, 0) is 64.2 Å². The highest BCUT2D eigenvalue weighted by molar-refractivity contribution is 5.80. The third kappa shape index (κ3) is 4.75. The van der Waals surface area contributed by atoms with E-state index in [0.29, 0.717) is 11.8 Å². The van der Waals surface area contributed by atoms with Gasteiger partial charge >= 0.3 is 0 Å². The van der Waals surface area contributed by atoms with Crippen molar-refractivity contribution in [3.05, 3.63) is 0 Å². The highest BCUT2D eigenvalue weighted by Gasteiger charge is 2.33. The molecule has 0 radical (unpaired) electrons. The summed E-state index contributed by atoms with van der Waals surface area (Å²) in [6.07, 6.45) is 10.4. The highest BCUT2D eigenvalue weighted by atomic mass is 16.2. The maximum atomic E-state index is 12.9. The summed E-state index contributed by atoms with van der Waals surface area (Å²) in [5, 5.41) is 3.24. The molecule has 0 aromatic rings. The molecule has 0 spiro atoms. The zero-order chi connectivity index (χ0) is 17.8. The summed E-state index contributed by atoms with van der Waals surface area (Å²) in [7, 11) is 0. The van der Waals surface area contributed by atoms with Crippen LogP contribution in [0.15, 0.2) is 0 Å². The summed E-state index contributed by atoms with van der Waals surface area (Å²) < 4.78 is 0. The van der Waals surface area contributed by atoms with Crippen LogP contribution < -0.4 is 11.1 Å². The van der Waals surface area contributed by atoms with Crippen LogP contribution >= 0.6 is 0 Å². The molecule has 0 aromatic heterocycles. The molecule has 3 fully saturated rings. The molecule has 142 valence electrons. The van der Waals surface area contributed by atoms with Crippen molar-refractivity contribution in [2.45, 2.75) is 83.2 Å². The van der Waals surface area contributed by atoms with E-state index >= 15 is 0 Å². The third-order valence-corrected chi connectivity index (χ3v) is 6.66. The van der Waals surface area contributed by atoms with Crippen LogP contribution in [0, 0.1) is 17.8 Å². The molecule has 3 N–H and O–H groups in total. The van der Waals surface area contributed by atoms with Gasteiger partial charge in [-0.25, -0.2) is 0 Å². The molecule has 3 aliphatic rings. The second-order valence-corrected chi connectivity index (χ2v) is 8.58. The molecular formula is C20H35N3O2. The molecule has 2 amide bonds. The van der Waals surface area contributed by atoms with Crippen LogP contribution in [0.2, 0.25) is 0 Å². The lowest BCUT2D eigenvalue weighted by Gasteiger charge is -2.38. The van der Waals surface area contributed by atoms with Crippen LogP contribution in [0.25, 0.3) is 0 Å². The molecule has 1 heterocycles. The quantitative estimate of drug-likeness (QED) is 0.818. The smallest absolute Gasteiger partial charge is 0.225 e. The van der Waals surface area contributed by atoms with E-state index in [1.54, 1.807) is 0 Å². The van der Waals surface area contributed by atoms with Crippen LogP contribution in [0.1, 0.15) is 71.1 Å². The van der Waals surface area contributed by atoms with Gasteiger partial charge in [0.15, 0.2) is 0 Å². The highest BCUT2D eigenvalue weighted by Crippen LogP contribution is 2.30. The Kier molecular flexibility index (Phi) is 6.37. The van der Waals surface area contributed by atoms with E-state index in [1.807, 2.05) is 0 Å². The average Bonchev–Trinajstić information content (AvgIpc) is 3.17. The minimum atomic E-state index is 0.145. The second-order valence-electron chi connectivity index (χ2n) is 8.58. The van der Waals surface area contributed by atoms with Gasteiger partial charge in [0.1, 0.15) is 0 Å². The predicted molar refractivity (Wildman–Crippen MR) is 98.8 cm³/mol. The molecule has 5 heteroatoms. The van der Waals surface area contributed by atoms with Gasteiger partial charge in [-0.3, -0.25) is 9.59 Å². The number of nitrogens with zero attached hydrogens (tertiary/aromatic N) is 1. The SMILES string of the molecule is CC(N)C1CCCN(C(=O)C2CCC(NC(=O)C3CCCC3)CC2)C1. The molecule has 2 atom stereocenters. The minimum absolute atomic E-state index is 0.145. The Morgan fingerprint density at radius 3 is 2.28 bits per heavy atom. The summed E-state index contributed by atoms with van der Waals surface area (Å²) in [5.41, 5.74) is 6.05. The Morgan fingerprint density at radius 1 is 0.960 bits per heavy atom. The van der Waals surface area contributed by atoms with E-state index in [4.69, 9.17) is 5.73 Å². The van der Waals surface area contributed by atoms with Gasteiger partial charge in [0.25, 0.3) is 0 Å². The number of rotatable bonds is 4. The first-order valence-electron chi connectivity index (χ1n) is 10.4. The summed E-state index contributed by atoms with van der Waals surface area (Å²) in [5.74, 6) is 1.41. The lowest BCUT2D eigenvalue weighted by atomic mass is 9.83. The van der Waals surface area contributed by atoms with Crippen molar-refractivity contribution >= 4 is 11.8 Å². The van der Waals surface area contributed by atoms with Crippen molar-refractivity contribution in [2.24, 2.45) is 23.5 Å². The first-order chi connectivity index (χ1) is 12.0. The maximum absolute atomic E-state index is 12.9. The lowest BCUT2D eigenvalue weighted by molar-refractivity contribution is -0.138. The Balaban J connectivity index is 1.43. The van der Waals surface area contributed by atoms with Gasteiger partial charge in [-0.1, -0.05) is 12.8 Å². The molecule has 2 saturated carbocycles. The van der Waals surface area contributed by atoms with E-state index in [-0.39, 0.29) is 29.8 Å². The lowest BCUT2D eigenvalue weighted by Crippen LogP contribution is -2.48. The summed E-state index contributed by atoms with van der Waals surface area (Å²) in [4.78, 5) is 27.2. The van der Waals surface area contributed by atoms with Gasteiger partial charge in [0, 0.05) is 37.0 Å². The topological polar surface area (TPSA) is 75.4 Å². The van der Waals surface area contributed by atoms with Crippen molar-refractivity contribution in [3.8, 4) is 0 Å². The van der Waals surface area contributed by atoms with E-state index in [0.717, 1.165) is 64.5 Å². The number of carbonyl (C=O) groups is 2. The van der Waals surface area contributed by atoms with Gasteiger partial charge in [0.2, 0.25) is 11.8 Å². The minimum Gasteiger partial charge on any atom is -0.353 e. The third-order valence-electron chi connectivity index (χ3n) is 6.66. The molecule has 5 nitrogen and oxygen atoms in total. The van der Waals surface area contributed by atoms with E-state index < -0.39 is 0 Å². The molecular weight excluding hydrogens is 314 g/mol. The van der Waals surface area contributed by atoms with Crippen molar-refractivity contribution in [3.63, 3.8) is 0 Å². The van der Waals surface area contributed by atoms with Gasteiger partial charge in [-0.15, -0.1) is 0 Å². The number of likely N-dealkylation sites (tertiary alicyclic amines) is 1. The number of piperidine rings is 1. The monoisotopic (exact) mass is 349 g/mol. The molecule has 2 aliphatic carbocycles. The zero-order valence-corrected chi connectivity index (χ0v) is 15.7. The first kappa shape index (κ1) is 18.7. The molecule has 0 aromatic carbocycles. The first-order valence-corrected chi connectivity index (χ1v) is 10.4. The molecule has 25 heavy (non-hydrogen) atoms. The van der Waals surface area contributed by atoms with E-state index in [1.165, 1.54) is 12.8 Å². The van der Waals surface area contributed by atoms with Crippen LogP contribution in [-0.4, -0.2) is 41.9 Å². The molecule has 1 aliphatic heterocycles. The molecule has 0 bridgehead atoms. The number of carbonyl (C=O) groups excluding carboxylic acids is 2. The predicted octanol–water partition coefficient (Wildman–Crippen LogP) is 2.44. The largest absolute Gasteiger partial charge is 0.353 e. The van der Waals surface area contributed by atoms with Crippen molar-refractivity contribution in [1.29, 1.82) is 0 Å². The fourth-order valence-electron chi connectivity index (χ4n) is 4.89. The van der Waals surface area contributed by atoms with Gasteiger partial charge < -0.3 is 16.0 Å². The van der Waals surface area contributed by atoms with Gasteiger partial charge in [0.05, 0.1) is 0 Å². The van der Waals surface area contributed by atoms with Crippen LogP contribution in [0.5, 0.6) is 0 Å². The normalized spacial score (nSPS) is 32.4. The van der Waals surface area contributed by atoms with E-state index in [9.17, 15) is 9.59 Å². The van der Waals surface area contributed by atoms with Crippen molar-refractivity contribution < 1.29 is 9.59 Å². The molecule has 3 rings (SSSR count). The number of hydrogen-bond donors (Lipinski definition) is 2. The number of nitrogens with two attached hydrogens (primary N) is 1. The number of hydrogen-bond acceptors (Lipinski definition) is 3. The average molecular weight is 350 g/mol. The fraction of sp³-hybridized carbons (Fsp3) is 0.900. The molecule has 1 saturated heterocycles. The Morgan fingerprint density at radius 2 is 1.64 bits per heavy atom. The van der Waals surface area contributed by atoms with Crippen LogP contribution in [0.4, 0.5) is 0 Å². The van der Waals surface area contributed by atoms with Gasteiger partial charge in [-0.2, -0.15) is 0 Å². The van der Waals surface area contributed by atoms with Crippen molar-refractivity contribution in [2.75, 3.05) is 13.1 Å². The van der Waals surface area contributed by atoms with E-state index in [2.05, 4.69) is 17.1 Å². The zero-order valence-electron chi connectivity index (χ0n) is 15.7. The Bertz CT molecular complexity index is 466. The number of nitrogens with one attached hydrogen (secondary N) is 1. The summed E-state index contributed by atoms with van der Waals surface area (Å²) in [6, 6.07) is 0.437. The second kappa shape index (κ2) is 8.52. The summed E-state index contributed by atoms with van der Waals surface area (Å²) in [6.45, 7) is 3.77. The Hall–Kier alpha value is -1.10.